The highest BCUT2D eigenvalue weighted by Gasteiger charge is 2.04. The minimum atomic E-state index is 0.172. The van der Waals surface area contributed by atoms with E-state index in [0.717, 1.165) is 5.69 Å². The van der Waals surface area contributed by atoms with Crippen molar-refractivity contribution in [2.75, 3.05) is 11.1 Å². The van der Waals surface area contributed by atoms with E-state index in [1.54, 1.807) is 17.1 Å². The summed E-state index contributed by atoms with van der Waals surface area (Å²) in [5.74, 6) is 0.642. The van der Waals surface area contributed by atoms with Crippen molar-refractivity contribution in [3.8, 4) is 0 Å². The number of nitrogens with zero attached hydrogens (tertiary/aromatic N) is 4. The van der Waals surface area contributed by atoms with Crippen LogP contribution in [0.3, 0.4) is 0 Å². The van der Waals surface area contributed by atoms with Gasteiger partial charge in [-0.3, -0.25) is 4.68 Å². The molecular weight excluding hydrogens is 216 g/mol. The van der Waals surface area contributed by atoms with Crippen LogP contribution in [-0.2, 0) is 7.05 Å². The number of nitrogens with one attached hydrogen (secondary N) is 1. The fraction of sp³-hybridized carbons (Fsp3) is 0.125. The van der Waals surface area contributed by atoms with Gasteiger partial charge in [0.15, 0.2) is 5.82 Å². The summed E-state index contributed by atoms with van der Waals surface area (Å²) in [6.45, 7) is 0. The predicted octanol–water partition coefficient (Wildman–Crippen LogP) is 1.19. The van der Waals surface area contributed by atoms with E-state index in [4.69, 9.17) is 17.3 Å². The maximum Gasteiger partial charge on any atom is 0.222 e. The second kappa shape index (κ2) is 3.74. The lowest BCUT2D eigenvalue weighted by molar-refractivity contribution is 0.768. The Hall–Kier alpha value is -1.82. The van der Waals surface area contributed by atoms with Crippen LogP contribution in [0, 0.1) is 0 Å². The maximum atomic E-state index is 5.88. The molecule has 0 aliphatic rings. The first-order chi connectivity index (χ1) is 7.15. The normalized spacial score (nSPS) is 10.3. The largest absolute Gasteiger partial charge is 0.368 e. The Morgan fingerprint density at radius 1 is 1.47 bits per heavy atom. The number of hydrogen-bond donors (Lipinski definition) is 2. The van der Waals surface area contributed by atoms with Crippen LogP contribution in [0.25, 0.3) is 0 Å². The van der Waals surface area contributed by atoms with Gasteiger partial charge in [0.05, 0.1) is 18.1 Å². The van der Waals surface area contributed by atoms with Gasteiger partial charge in [-0.2, -0.15) is 10.1 Å². The Labute approximate surface area is 91.1 Å². The molecule has 78 valence electrons. The summed E-state index contributed by atoms with van der Waals surface area (Å²) in [6.07, 6.45) is 4.91. The molecule has 0 saturated heterocycles. The number of hydrogen-bond acceptors (Lipinski definition) is 5. The van der Waals surface area contributed by atoms with Gasteiger partial charge in [0.2, 0.25) is 5.95 Å². The van der Waals surface area contributed by atoms with Gasteiger partial charge in [-0.25, -0.2) is 4.98 Å². The van der Waals surface area contributed by atoms with E-state index in [1.165, 1.54) is 6.20 Å². The van der Waals surface area contributed by atoms with Gasteiger partial charge in [0, 0.05) is 13.2 Å². The van der Waals surface area contributed by atoms with E-state index in [9.17, 15) is 0 Å². The SMILES string of the molecule is Cn1cc(Nc2nc(N)ncc2Cl)cn1. The second-order valence-electron chi connectivity index (χ2n) is 2.95. The summed E-state index contributed by atoms with van der Waals surface area (Å²) in [6, 6.07) is 0. The second-order valence-corrected chi connectivity index (χ2v) is 3.36. The quantitative estimate of drug-likeness (QED) is 0.801. The van der Waals surface area contributed by atoms with Crippen molar-refractivity contribution in [1.82, 2.24) is 19.7 Å². The average molecular weight is 225 g/mol. The van der Waals surface area contributed by atoms with Crippen LogP contribution in [-0.4, -0.2) is 19.7 Å². The van der Waals surface area contributed by atoms with Crippen molar-refractivity contribution in [3.05, 3.63) is 23.6 Å². The minimum absolute atomic E-state index is 0.172. The van der Waals surface area contributed by atoms with Crippen molar-refractivity contribution in [2.24, 2.45) is 7.05 Å². The fourth-order valence-electron chi connectivity index (χ4n) is 1.09. The highest BCUT2D eigenvalue weighted by molar-refractivity contribution is 6.32. The molecule has 0 unspecified atom stereocenters. The van der Waals surface area contributed by atoms with Crippen LogP contribution in [0.15, 0.2) is 18.6 Å². The molecule has 0 aromatic carbocycles. The zero-order chi connectivity index (χ0) is 10.8. The van der Waals surface area contributed by atoms with Gasteiger partial charge >= 0.3 is 0 Å². The molecule has 0 fully saturated rings. The molecule has 0 atom stereocenters. The number of anilines is 3. The Morgan fingerprint density at radius 3 is 2.93 bits per heavy atom. The number of aromatic nitrogens is 4. The van der Waals surface area contributed by atoms with Crippen LogP contribution in [0.1, 0.15) is 0 Å². The lowest BCUT2D eigenvalue weighted by Gasteiger charge is -2.04. The van der Waals surface area contributed by atoms with E-state index in [2.05, 4.69) is 20.4 Å². The molecular formula is C8H9ClN6. The molecule has 0 amide bonds. The van der Waals surface area contributed by atoms with E-state index < -0.39 is 0 Å². The van der Waals surface area contributed by atoms with Gasteiger partial charge in [0.25, 0.3) is 0 Å². The van der Waals surface area contributed by atoms with E-state index in [1.807, 2.05) is 7.05 Å². The summed E-state index contributed by atoms with van der Waals surface area (Å²) < 4.78 is 1.67. The predicted molar refractivity (Wildman–Crippen MR) is 57.9 cm³/mol. The molecule has 2 rings (SSSR count). The van der Waals surface area contributed by atoms with Crippen molar-refractivity contribution >= 4 is 29.1 Å². The van der Waals surface area contributed by atoms with Crippen LogP contribution in [0.4, 0.5) is 17.5 Å². The molecule has 15 heavy (non-hydrogen) atoms. The Kier molecular flexibility index (Phi) is 2.42. The van der Waals surface area contributed by atoms with Crippen molar-refractivity contribution in [3.63, 3.8) is 0 Å². The molecule has 0 bridgehead atoms. The zero-order valence-electron chi connectivity index (χ0n) is 7.98. The smallest absolute Gasteiger partial charge is 0.222 e. The third kappa shape index (κ3) is 2.16. The molecule has 2 aromatic rings. The molecule has 6 nitrogen and oxygen atoms in total. The van der Waals surface area contributed by atoms with Crippen LogP contribution in [0.2, 0.25) is 5.02 Å². The molecule has 7 heteroatoms. The van der Waals surface area contributed by atoms with Gasteiger partial charge in [-0.05, 0) is 0 Å². The van der Waals surface area contributed by atoms with Crippen molar-refractivity contribution in [2.45, 2.75) is 0 Å². The first-order valence-electron chi connectivity index (χ1n) is 4.19. The number of halogens is 1. The maximum absolute atomic E-state index is 5.88. The molecule has 0 aliphatic heterocycles. The monoisotopic (exact) mass is 224 g/mol. The van der Waals surface area contributed by atoms with Crippen LogP contribution >= 0.6 is 11.6 Å². The average Bonchev–Trinajstić information content (AvgIpc) is 2.58. The van der Waals surface area contributed by atoms with Crippen LogP contribution in [0.5, 0.6) is 0 Å². The van der Waals surface area contributed by atoms with Gasteiger partial charge in [0.1, 0.15) is 5.02 Å². The molecule has 0 spiro atoms. The van der Waals surface area contributed by atoms with Crippen LogP contribution < -0.4 is 11.1 Å². The Morgan fingerprint density at radius 2 is 2.27 bits per heavy atom. The third-order valence-electron chi connectivity index (χ3n) is 1.73. The van der Waals surface area contributed by atoms with E-state index in [-0.39, 0.29) is 5.95 Å². The Balaban J connectivity index is 2.27. The number of rotatable bonds is 2. The zero-order valence-corrected chi connectivity index (χ0v) is 8.73. The third-order valence-corrected chi connectivity index (χ3v) is 2.01. The van der Waals surface area contributed by atoms with Gasteiger partial charge in [-0.15, -0.1) is 0 Å². The highest BCUT2D eigenvalue weighted by Crippen LogP contribution is 2.22. The van der Waals surface area contributed by atoms with E-state index in [0.29, 0.717) is 10.8 Å². The first-order valence-corrected chi connectivity index (χ1v) is 4.56. The Bertz CT molecular complexity index is 480. The number of nitrogen functional groups attached to an aromatic ring is 1. The summed E-state index contributed by atoms with van der Waals surface area (Å²) in [4.78, 5) is 7.72. The molecule has 0 radical (unpaired) electrons. The summed E-state index contributed by atoms with van der Waals surface area (Å²) >= 11 is 5.88. The lowest BCUT2D eigenvalue weighted by atomic mass is 10.5. The summed E-state index contributed by atoms with van der Waals surface area (Å²) in [5, 5.41) is 7.40. The highest BCUT2D eigenvalue weighted by atomic mass is 35.5. The molecule has 3 N–H and O–H groups in total. The number of aryl methyl sites for hydroxylation is 1. The van der Waals surface area contributed by atoms with Crippen molar-refractivity contribution < 1.29 is 0 Å². The molecule has 2 aromatic heterocycles. The first kappa shape index (κ1) is 9.72. The van der Waals surface area contributed by atoms with Gasteiger partial charge < -0.3 is 11.1 Å². The summed E-state index contributed by atoms with van der Waals surface area (Å²) in [5.41, 5.74) is 6.23. The summed E-state index contributed by atoms with van der Waals surface area (Å²) in [7, 11) is 1.82. The van der Waals surface area contributed by atoms with Gasteiger partial charge in [-0.1, -0.05) is 11.6 Å². The lowest BCUT2D eigenvalue weighted by Crippen LogP contribution is -1.99. The molecule has 0 aliphatic carbocycles. The number of nitrogens with two attached hydrogens (primary N) is 1. The standard InChI is InChI=1S/C8H9ClN6/c1-15-4-5(2-12-15)13-7-6(9)3-11-8(10)14-7/h2-4H,1H3,(H3,10,11,13,14). The minimum Gasteiger partial charge on any atom is -0.368 e. The van der Waals surface area contributed by atoms with E-state index >= 15 is 0 Å². The fourth-order valence-corrected chi connectivity index (χ4v) is 1.23. The molecule has 0 saturated carbocycles. The topological polar surface area (TPSA) is 81.7 Å². The van der Waals surface area contributed by atoms with Crippen molar-refractivity contribution in [1.29, 1.82) is 0 Å². The molecule has 2 heterocycles.